The summed E-state index contributed by atoms with van der Waals surface area (Å²) in [7, 11) is 1.78. The molecule has 22 heavy (non-hydrogen) atoms. The van der Waals surface area contributed by atoms with Crippen molar-refractivity contribution in [2.45, 2.75) is 25.5 Å². The van der Waals surface area contributed by atoms with E-state index in [0.717, 1.165) is 37.5 Å². The number of ether oxygens (including phenoxy) is 2. The summed E-state index contributed by atoms with van der Waals surface area (Å²) in [5.74, 6) is 0.892. The molecule has 0 saturated carbocycles. The van der Waals surface area contributed by atoms with E-state index in [1.165, 1.54) is 5.56 Å². The third-order valence-electron chi connectivity index (χ3n) is 4.40. The van der Waals surface area contributed by atoms with Crippen LogP contribution in [0.3, 0.4) is 0 Å². The topological polar surface area (TPSA) is 50.4 Å². The summed E-state index contributed by atoms with van der Waals surface area (Å²) in [5, 5.41) is 7.08. The van der Waals surface area contributed by atoms with Gasteiger partial charge in [0.05, 0.1) is 6.20 Å². The Morgan fingerprint density at radius 1 is 1.32 bits per heavy atom. The number of aromatic nitrogens is 2. The molecule has 0 unspecified atom stereocenters. The average molecular weight is 301 g/mol. The summed E-state index contributed by atoms with van der Waals surface area (Å²) in [6.07, 6.45) is 2.88. The van der Waals surface area contributed by atoms with Gasteiger partial charge in [0, 0.05) is 38.0 Å². The normalized spacial score (nSPS) is 22.1. The second kappa shape index (κ2) is 6.50. The highest BCUT2D eigenvalue weighted by Gasteiger charge is 2.39. The van der Waals surface area contributed by atoms with E-state index < -0.39 is 0 Å². The number of hydrogen-bond acceptors (Lipinski definition) is 4. The molecule has 1 aromatic carbocycles. The van der Waals surface area contributed by atoms with Gasteiger partial charge in [0.1, 0.15) is 18.0 Å². The molecule has 0 amide bonds. The van der Waals surface area contributed by atoms with Gasteiger partial charge in [0.15, 0.2) is 0 Å². The van der Waals surface area contributed by atoms with Crippen LogP contribution in [0.5, 0.6) is 5.75 Å². The van der Waals surface area contributed by atoms with Gasteiger partial charge in [-0.2, -0.15) is 5.10 Å². The van der Waals surface area contributed by atoms with Crippen LogP contribution in [-0.2, 0) is 11.3 Å². The molecule has 5 nitrogen and oxygen atoms in total. The standard InChI is InChI=1S/C17H23N3O2/c1-14-15(10-18-19-14)11-20-9-8-17(12-20,21-2)13-22-16-6-4-3-5-7-16/h3-7,10H,8-9,11-13H2,1-2H3,(H,18,19)/t17-/m0/s1. The monoisotopic (exact) mass is 301 g/mol. The first-order valence-corrected chi connectivity index (χ1v) is 7.65. The zero-order chi connectivity index (χ0) is 15.4. The second-order valence-electron chi connectivity index (χ2n) is 5.97. The van der Waals surface area contributed by atoms with Crippen LogP contribution < -0.4 is 4.74 Å². The Morgan fingerprint density at radius 3 is 2.82 bits per heavy atom. The average Bonchev–Trinajstić information content (AvgIpc) is 3.14. The van der Waals surface area contributed by atoms with Gasteiger partial charge in [-0.25, -0.2) is 0 Å². The lowest BCUT2D eigenvalue weighted by Gasteiger charge is -2.28. The van der Waals surface area contributed by atoms with Crippen molar-refractivity contribution in [3.8, 4) is 5.75 Å². The zero-order valence-corrected chi connectivity index (χ0v) is 13.2. The molecule has 118 valence electrons. The number of para-hydroxylation sites is 1. The van der Waals surface area contributed by atoms with Crippen molar-refractivity contribution in [3.05, 3.63) is 47.8 Å². The Bertz CT molecular complexity index is 599. The third kappa shape index (κ3) is 3.31. The van der Waals surface area contributed by atoms with Crippen molar-refractivity contribution < 1.29 is 9.47 Å². The van der Waals surface area contributed by atoms with E-state index in [2.05, 4.69) is 22.0 Å². The van der Waals surface area contributed by atoms with E-state index in [-0.39, 0.29) is 5.60 Å². The van der Waals surface area contributed by atoms with E-state index in [0.29, 0.717) is 6.61 Å². The molecular weight excluding hydrogens is 278 g/mol. The van der Waals surface area contributed by atoms with Crippen LogP contribution in [0, 0.1) is 6.92 Å². The number of methoxy groups -OCH3 is 1. The summed E-state index contributed by atoms with van der Waals surface area (Å²) in [5.41, 5.74) is 2.15. The zero-order valence-electron chi connectivity index (χ0n) is 13.2. The van der Waals surface area contributed by atoms with Crippen LogP contribution in [0.25, 0.3) is 0 Å². The Balaban J connectivity index is 1.59. The lowest BCUT2D eigenvalue weighted by molar-refractivity contribution is -0.0359. The molecule has 3 rings (SSSR count). The smallest absolute Gasteiger partial charge is 0.119 e. The molecule has 1 atom stereocenters. The molecule has 5 heteroatoms. The number of aryl methyl sites for hydroxylation is 1. The number of hydrogen-bond donors (Lipinski definition) is 1. The first kappa shape index (κ1) is 15.1. The Labute approximate surface area is 131 Å². The molecular formula is C17H23N3O2. The molecule has 2 aromatic rings. The first-order valence-electron chi connectivity index (χ1n) is 7.65. The summed E-state index contributed by atoms with van der Waals surface area (Å²) >= 11 is 0. The Hall–Kier alpha value is -1.85. The van der Waals surface area contributed by atoms with E-state index in [1.54, 1.807) is 7.11 Å². The van der Waals surface area contributed by atoms with Crippen molar-refractivity contribution >= 4 is 0 Å². The lowest BCUT2D eigenvalue weighted by atomic mass is 10.0. The van der Waals surface area contributed by atoms with Gasteiger partial charge in [-0.15, -0.1) is 0 Å². The van der Waals surface area contributed by atoms with Gasteiger partial charge in [0.25, 0.3) is 0 Å². The van der Waals surface area contributed by atoms with Crippen LogP contribution in [-0.4, -0.2) is 47.5 Å². The highest BCUT2D eigenvalue weighted by Crippen LogP contribution is 2.27. The molecule has 2 heterocycles. The molecule has 1 fully saturated rings. The molecule has 1 aliphatic rings. The second-order valence-corrected chi connectivity index (χ2v) is 5.97. The van der Waals surface area contributed by atoms with Gasteiger partial charge in [-0.05, 0) is 25.5 Å². The van der Waals surface area contributed by atoms with Crippen molar-refractivity contribution in [1.82, 2.24) is 15.1 Å². The molecule has 1 aliphatic heterocycles. The molecule has 0 spiro atoms. The maximum atomic E-state index is 5.92. The minimum absolute atomic E-state index is 0.229. The fourth-order valence-corrected chi connectivity index (χ4v) is 2.91. The minimum Gasteiger partial charge on any atom is -0.491 e. The SMILES string of the molecule is CO[C@@]1(COc2ccccc2)CCN(Cc2cn[nH]c2C)C1. The van der Waals surface area contributed by atoms with Crippen molar-refractivity contribution in [2.75, 3.05) is 26.8 Å². The fourth-order valence-electron chi connectivity index (χ4n) is 2.91. The summed E-state index contributed by atoms with van der Waals surface area (Å²) in [4.78, 5) is 2.40. The van der Waals surface area contributed by atoms with Crippen molar-refractivity contribution in [1.29, 1.82) is 0 Å². The molecule has 0 bridgehead atoms. The summed E-state index contributed by atoms with van der Waals surface area (Å²) < 4.78 is 11.7. The highest BCUT2D eigenvalue weighted by atomic mass is 16.5. The number of likely N-dealkylation sites (tertiary alicyclic amines) is 1. The van der Waals surface area contributed by atoms with Gasteiger partial charge in [-0.1, -0.05) is 18.2 Å². The quantitative estimate of drug-likeness (QED) is 0.890. The van der Waals surface area contributed by atoms with E-state index in [1.807, 2.05) is 36.5 Å². The Kier molecular flexibility index (Phi) is 4.45. The number of nitrogens with zero attached hydrogens (tertiary/aromatic N) is 2. The number of rotatable bonds is 6. The third-order valence-corrected chi connectivity index (χ3v) is 4.40. The van der Waals surface area contributed by atoms with Crippen LogP contribution >= 0.6 is 0 Å². The predicted molar refractivity (Wildman–Crippen MR) is 84.9 cm³/mol. The predicted octanol–water partition coefficient (Wildman–Crippen LogP) is 2.39. The van der Waals surface area contributed by atoms with Crippen LogP contribution in [0.4, 0.5) is 0 Å². The van der Waals surface area contributed by atoms with Crippen LogP contribution in [0.15, 0.2) is 36.5 Å². The van der Waals surface area contributed by atoms with Crippen molar-refractivity contribution in [3.63, 3.8) is 0 Å². The minimum atomic E-state index is -0.229. The van der Waals surface area contributed by atoms with Crippen LogP contribution in [0.1, 0.15) is 17.7 Å². The highest BCUT2D eigenvalue weighted by molar-refractivity contribution is 5.21. The maximum Gasteiger partial charge on any atom is 0.119 e. The Morgan fingerprint density at radius 2 is 2.14 bits per heavy atom. The van der Waals surface area contributed by atoms with Gasteiger partial charge < -0.3 is 9.47 Å². The van der Waals surface area contributed by atoms with Gasteiger partial charge in [0.2, 0.25) is 0 Å². The van der Waals surface area contributed by atoms with E-state index in [4.69, 9.17) is 9.47 Å². The summed E-state index contributed by atoms with van der Waals surface area (Å²) in [6.45, 7) is 5.42. The summed E-state index contributed by atoms with van der Waals surface area (Å²) in [6, 6.07) is 9.91. The number of H-pyrrole nitrogens is 1. The van der Waals surface area contributed by atoms with Gasteiger partial charge >= 0.3 is 0 Å². The first-order chi connectivity index (χ1) is 10.7. The van der Waals surface area contributed by atoms with Gasteiger partial charge in [-0.3, -0.25) is 10.00 Å². The molecule has 0 aliphatic carbocycles. The lowest BCUT2D eigenvalue weighted by Crippen LogP contribution is -2.41. The molecule has 1 aromatic heterocycles. The largest absolute Gasteiger partial charge is 0.491 e. The molecule has 0 radical (unpaired) electrons. The van der Waals surface area contributed by atoms with Crippen molar-refractivity contribution in [2.24, 2.45) is 0 Å². The van der Waals surface area contributed by atoms with E-state index >= 15 is 0 Å². The maximum absolute atomic E-state index is 5.92. The molecule has 1 saturated heterocycles. The number of benzene rings is 1. The fraction of sp³-hybridized carbons (Fsp3) is 0.471. The molecule has 1 N–H and O–H groups in total. The van der Waals surface area contributed by atoms with E-state index in [9.17, 15) is 0 Å². The number of aromatic amines is 1. The number of nitrogens with one attached hydrogen (secondary N) is 1. The van der Waals surface area contributed by atoms with Crippen LogP contribution in [0.2, 0.25) is 0 Å².